The predicted octanol–water partition coefficient (Wildman–Crippen LogP) is 1.20. The van der Waals surface area contributed by atoms with E-state index in [-0.39, 0.29) is 12.1 Å². The van der Waals surface area contributed by atoms with Crippen molar-refractivity contribution < 1.29 is 0 Å². The van der Waals surface area contributed by atoms with Crippen molar-refractivity contribution in [3.8, 4) is 0 Å². The Balaban J connectivity index is 2.40. The summed E-state index contributed by atoms with van der Waals surface area (Å²) in [5.74, 6) is 0. The van der Waals surface area contributed by atoms with Crippen LogP contribution in [0.5, 0.6) is 0 Å². The topological polar surface area (TPSA) is 67.8 Å². The van der Waals surface area contributed by atoms with Crippen LogP contribution in [0.25, 0.3) is 0 Å². The van der Waals surface area contributed by atoms with Gasteiger partial charge in [0.25, 0.3) is 5.56 Å². The number of H-pyrrole nitrogens is 1. The van der Waals surface area contributed by atoms with Gasteiger partial charge >= 0.3 is 5.69 Å². The van der Waals surface area contributed by atoms with Crippen molar-refractivity contribution in [1.29, 1.82) is 0 Å². The van der Waals surface area contributed by atoms with Crippen molar-refractivity contribution in [2.75, 3.05) is 0 Å². The lowest BCUT2D eigenvalue weighted by Gasteiger charge is -2.06. The first kappa shape index (κ1) is 12.6. The third-order valence-corrected chi connectivity index (χ3v) is 2.81. The number of rotatable bonds is 3. The van der Waals surface area contributed by atoms with Gasteiger partial charge in [-0.25, -0.2) is 4.79 Å². The molecule has 2 rings (SSSR count). The van der Waals surface area contributed by atoms with Crippen molar-refractivity contribution in [3.05, 3.63) is 61.6 Å². The second kappa shape index (κ2) is 5.18. The van der Waals surface area contributed by atoms with E-state index in [2.05, 4.69) is 9.97 Å². The van der Waals surface area contributed by atoms with E-state index in [0.29, 0.717) is 22.7 Å². The normalized spacial score (nSPS) is 10.6. The minimum atomic E-state index is -0.445. The van der Waals surface area contributed by atoms with Gasteiger partial charge in [-0.15, -0.1) is 0 Å². The summed E-state index contributed by atoms with van der Waals surface area (Å²) in [6.07, 6.45) is 3.71. The highest BCUT2D eigenvalue weighted by molar-refractivity contribution is 6.30. The number of nitrogens with one attached hydrogen (secondary N) is 1. The van der Waals surface area contributed by atoms with Crippen molar-refractivity contribution in [2.45, 2.75) is 19.9 Å². The molecule has 0 radical (unpaired) electrons. The van der Waals surface area contributed by atoms with Crippen LogP contribution in [-0.2, 0) is 13.0 Å². The highest BCUT2D eigenvalue weighted by Gasteiger charge is 2.04. The van der Waals surface area contributed by atoms with E-state index in [1.807, 2.05) is 6.92 Å². The second-order valence-electron chi connectivity index (χ2n) is 3.86. The minimum Gasteiger partial charge on any atom is -0.294 e. The number of halogens is 1. The van der Waals surface area contributed by atoms with Gasteiger partial charge in [0, 0.05) is 23.0 Å². The Morgan fingerprint density at radius 3 is 2.89 bits per heavy atom. The molecule has 0 bridgehead atoms. The first-order valence-electron chi connectivity index (χ1n) is 5.53. The van der Waals surface area contributed by atoms with Crippen LogP contribution in [0, 0.1) is 0 Å². The minimum absolute atomic E-state index is 0.281. The maximum Gasteiger partial charge on any atom is 0.328 e. The zero-order valence-electron chi connectivity index (χ0n) is 9.81. The summed E-state index contributed by atoms with van der Waals surface area (Å²) in [6, 6.07) is 3.35. The smallest absolute Gasteiger partial charge is 0.294 e. The quantitative estimate of drug-likeness (QED) is 0.907. The summed E-state index contributed by atoms with van der Waals surface area (Å²) in [5, 5.41) is 0.563. The molecule has 2 heterocycles. The summed E-state index contributed by atoms with van der Waals surface area (Å²) >= 11 is 5.85. The Bertz CT molecular complexity index is 676. The van der Waals surface area contributed by atoms with Crippen LogP contribution in [0.4, 0.5) is 0 Å². The molecule has 2 aromatic rings. The van der Waals surface area contributed by atoms with E-state index >= 15 is 0 Å². The zero-order chi connectivity index (χ0) is 13.1. The Morgan fingerprint density at radius 1 is 1.44 bits per heavy atom. The molecule has 0 amide bonds. The van der Waals surface area contributed by atoms with E-state index in [9.17, 15) is 9.59 Å². The fourth-order valence-corrected chi connectivity index (χ4v) is 1.82. The van der Waals surface area contributed by atoms with Crippen LogP contribution in [0.1, 0.15) is 18.2 Å². The fourth-order valence-electron chi connectivity index (χ4n) is 1.63. The van der Waals surface area contributed by atoms with Gasteiger partial charge in [0.1, 0.15) is 0 Å². The first-order chi connectivity index (χ1) is 8.60. The molecule has 1 N–H and O–H groups in total. The fraction of sp³-hybridized carbons (Fsp3) is 0.250. The van der Waals surface area contributed by atoms with Gasteiger partial charge in [0.05, 0.1) is 12.2 Å². The summed E-state index contributed by atoms with van der Waals surface area (Å²) in [5.41, 5.74) is 0.451. The van der Waals surface area contributed by atoms with E-state index in [1.165, 1.54) is 4.57 Å². The van der Waals surface area contributed by atoms with E-state index in [1.54, 1.807) is 24.5 Å². The van der Waals surface area contributed by atoms with E-state index in [0.717, 1.165) is 0 Å². The lowest BCUT2D eigenvalue weighted by Crippen LogP contribution is -2.32. The van der Waals surface area contributed by atoms with Gasteiger partial charge in [0.15, 0.2) is 0 Å². The van der Waals surface area contributed by atoms with Crippen LogP contribution in [0.2, 0.25) is 5.02 Å². The van der Waals surface area contributed by atoms with Crippen LogP contribution in [0.3, 0.4) is 0 Å². The Labute approximate surface area is 108 Å². The molecule has 0 fully saturated rings. The number of nitrogens with zero attached hydrogens (tertiary/aromatic N) is 2. The molecule has 0 saturated heterocycles. The molecule has 0 atom stereocenters. The molecule has 5 nitrogen and oxygen atoms in total. The SMILES string of the molecule is CCc1cn(Cc2cc(Cl)ccn2)c(=O)[nH]c1=O. The first-order valence-corrected chi connectivity index (χ1v) is 5.91. The lowest BCUT2D eigenvalue weighted by atomic mass is 10.2. The molecule has 0 aliphatic heterocycles. The number of hydrogen-bond acceptors (Lipinski definition) is 3. The molecule has 0 aliphatic carbocycles. The van der Waals surface area contributed by atoms with Crippen molar-refractivity contribution in [1.82, 2.24) is 14.5 Å². The van der Waals surface area contributed by atoms with Gasteiger partial charge in [0.2, 0.25) is 0 Å². The summed E-state index contributed by atoms with van der Waals surface area (Å²) in [7, 11) is 0. The number of hydrogen-bond donors (Lipinski definition) is 1. The standard InChI is InChI=1S/C12H12ClN3O2/c1-2-8-6-16(12(18)15-11(8)17)7-10-5-9(13)3-4-14-10/h3-6H,2,7H2,1H3,(H,15,17,18). The van der Waals surface area contributed by atoms with E-state index < -0.39 is 5.69 Å². The Hall–Kier alpha value is -1.88. The monoisotopic (exact) mass is 265 g/mol. The van der Waals surface area contributed by atoms with Gasteiger partial charge in [-0.3, -0.25) is 19.3 Å². The molecule has 18 heavy (non-hydrogen) atoms. The highest BCUT2D eigenvalue weighted by atomic mass is 35.5. The lowest BCUT2D eigenvalue weighted by molar-refractivity contribution is 0.694. The molecule has 94 valence electrons. The number of aromatic nitrogens is 3. The van der Waals surface area contributed by atoms with Gasteiger partial charge < -0.3 is 0 Å². The number of pyridine rings is 1. The molecule has 0 unspecified atom stereocenters. The Kier molecular flexibility index (Phi) is 3.62. The second-order valence-corrected chi connectivity index (χ2v) is 4.30. The van der Waals surface area contributed by atoms with Gasteiger partial charge in [-0.1, -0.05) is 18.5 Å². The van der Waals surface area contributed by atoms with Crippen LogP contribution in [-0.4, -0.2) is 14.5 Å². The van der Waals surface area contributed by atoms with Crippen molar-refractivity contribution in [3.63, 3.8) is 0 Å². The van der Waals surface area contributed by atoms with Gasteiger partial charge in [-0.2, -0.15) is 0 Å². The van der Waals surface area contributed by atoms with E-state index in [4.69, 9.17) is 11.6 Å². The molecule has 0 saturated carbocycles. The maximum atomic E-state index is 11.6. The molecule has 6 heteroatoms. The zero-order valence-corrected chi connectivity index (χ0v) is 10.6. The molecular weight excluding hydrogens is 254 g/mol. The number of aromatic amines is 1. The third-order valence-electron chi connectivity index (χ3n) is 2.58. The largest absolute Gasteiger partial charge is 0.328 e. The highest BCUT2D eigenvalue weighted by Crippen LogP contribution is 2.08. The summed E-state index contributed by atoms with van der Waals surface area (Å²) in [6.45, 7) is 2.14. The molecule has 0 spiro atoms. The summed E-state index contributed by atoms with van der Waals surface area (Å²) in [4.78, 5) is 29.5. The molecule has 0 aliphatic rings. The average molecular weight is 266 g/mol. The summed E-state index contributed by atoms with van der Waals surface area (Å²) < 4.78 is 1.42. The van der Waals surface area contributed by atoms with Crippen molar-refractivity contribution >= 4 is 11.6 Å². The number of aryl methyl sites for hydroxylation is 1. The third kappa shape index (κ3) is 2.68. The Morgan fingerprint density at radius 2 is 2.22 bits per heavy atom. The maximum absolute atomic E-state index is 11.6. The van der Waals surface area contributed by atoms with Crippen LogP contribution in [0.15, 0.2) is 34.1 Å². The molecular formula is C12H12ClN3O2. The van der Waals surface area contributed by atoms with Crippen LogP contribution >= 0.6 is 11.6 Å². The van der Waals surface area contributed by atoms with Crippen molar-refractivity contribution in [2.24, 2.45) is 0 Å². The molecule has 2 aromatic heterocycles. The average Bonchev–Trinajstić information content (AvgIpc) is 2.33. The van der Waals surface area contributed by atoms with Crippen LogP contribution < -0.4 is 11.2 Å². The molecule has 0 aromatic carbocycles. The predicted molar refractivity (Wildman–Crippen MR) is 69.0 cm³/mol. The van der Waals surface area contributed by atoms with Gasteiger partial charge in [-0.05, 0) is 18.6 Å².